The number of carbonyl (C=O) groups is 2. The highest BCUT2D eigenvalue weighted by molar-refractivity contribution is 6.15. The fourth-order valence-corrected chi connectivity index (χ4v) is 7.29. The molecule has 1 saturated heterocycles. The predicted octanol–water partition coefficient (Wildman–Crippen LogP) is 4.52. The van der Waals surface area contributed by atoms with Crippen LogP contribution in [0.25, 0.3) is 11.3 Å². The summed E-state index contributed by atoms with van der Waals surface area (Å²) in [4.78, 5) is 29.4. The molecule has 2 radical (unpaired) electrons. The van der Waals surface area contributed by atoms with Crippen LogP contribution in [0.4, 0.5) is 5.69 Å². The molecule has 1 aromatic heterocycles. The monoisotopic (exact) mass is 676 g/mol. The number of nitrogen functional groups attached to an aromatic ring is 1. The number of cyclic esters (lactones) is 1. The van der Waals surface area contributed by atoms with E-state index in [0.717, 1.165) is 24.1 Å². The molecule has 12 heteroatoms. The number of terminal acetylenes is 1. The zero-order chi connectivity index (χ0) is 36.5. The van der Waals surface area contributed by atoms with Gasteiger partial charge in [0.05, 0.1) is 25.7 Å². The van der Waals surface area contributed by atoms with E-state index in [1.54, 1.807) is 21.0 Å². The van der Waals surface area contributed by atoms with Crippen LogP contribution < -0.4 is 11.1 Å². The number of rotatable bonds is 10. The Hall–Kier alpha value is -3.40. The van der Waals surface area contributed by atoms with E-state index < -0.39 is 40.9 Å². The Kier molecular flexibility index (Phi) is 14.3. The van der Waals surface area contributed by atoms with Gasteiger partial charge in [0.2, 0.25) is 0 Å². The number of benzene rings is 1. The first-order valence-electron chi connectivity index (χ1n) is 17.5. The van der Waals surface area contributed by atoms with Gasteiger partial charge >= 0.3 is 5.97 Å². The molecule has 1 fully saturated rings. The van der Waals surface area contributed by atoms with Gasteiger partial charge in [-0.15, -0.1) is 5.10 Å². The largest absolute Gasteiger partial charge is 0.457 e. The van der Waals surface area contributed by atoms with Crippen LogP contribution in [0.15, 0.2) is 30.5 Å². The SMILES string of the molecule is [B][C@@H]1[C@@H](C)C(=O)[C@@H](C)C(=O)O[C@H](CC)[C@@](C)(OC#C)[C@H](NCCCCn2cc(-c3cccc(N)c3)nn2)[C@@H](C)N(C)C[C@H](C)C[C@@]1(C)OC. The number of aryl methyl sites for hydroxylation is 1. The highest BCUT2D eigenvalue weighted by Gasteiger charge is 2.50. The minimum Gasteiger partial charge on any atom is -0.457 e. The molecule has 268 valence electrons. The van der Waals surface area contributed by atoms with E-state index in [1.165, 1.54) is 0 Å². The maximum Gasteiger partial charge on any atom is 0.316 e. The van der Waals surface area contributed by atoms with Crippen LogP contribution in [0.3, 0.4) is 0 Å². The van der Waals surface area contributed by atoms with Crippen molar-refractivity contribution < 1.29 is 23.8 Å². The van der Waals surface area contributed by atoms with Crippen LogP contribution in [0.2, 0.25) is 5.82 Å². The molecule has 0 aliphatic carbocycles. The molecule has 0 bridgehead atoms. The number of aromatic nitrogens is 3. The number of nitrogens with zero attached hydrogens (tertiary/aromatic N) is 4. The third-order valence-corrected chi connectivity index (χ3v) is 10.5. The smallest absolute Gasteiger partial charge is 0.316 e. The third-order valence-electron chi connectivity index (χ3n) is 10.5. The van der Waals surface area contributed by atoms with Gasteiger partial charge < -0.3 is 30.2 Å². The summed E-state index contributed by atoms with van der Waals surface area (Å²) in [5.74, 6) is -3.04. The quantitative estimate of drug-likeness (QED) is 0.0925. The Labute approximate surface area is 294 Å². The number of esters is 1. The number of ether oxygens (including phenoxy) is 3. The Bertz CT molecular complexity index is 1430. The number of Topliss-reactive ketones (excluding diaryl/α,β-unsaturated/α-hetero) is 1. The van der Waals surface area contributed by atoms with Crippen molar-refractivity contribution in [2.75, 3.05) is 33.0 Å². The number of ketones is 1. The summed E-state index contributed by atoms with van der Waals surface area (Å²) in [7, 11) is 10.4. The topological polar surface area (TPSA) is 134 Å². The van der Waals surface area contributed by atoms with E-state index in [9.17, 15) is 9.59 Å². The second-order valence-corrected chi connectivity index (χ2v) is 14.3. The molecule has 3 N–H and O–H groups in total. The van der Waals surface area contributed by atoms with Crippen LogP contribution in [0.1, 0.15) is 74.1 Å². The van der Waals surface area contributed by atoms with Crippen molar-refractivity contribution in [3.63, 3.8) is 0 Å². The van der Waals surface area contributed by atoms with Gasteiger partial charge in [0.25, 0.3) is 0 Å². The number of unbranched alkanes of at least 4 members (excludes halogenated alkanes) is 1. The molecular weight excluding hydrogens is 619 g/mol. The summed E-state index contributed by atoms with van der Waals surface area (Å²) in [6, 6.07) is 7.12. The van der Waals surface area contributed by atoms with Gasteiger partial charge in [-0.25, -0.2) is 0 Å². The molecule has 49 heavy (non-hydrogen) atoms. The number of likely N-dealkylation sites (N-methyl/N-ethyl adjacent to an activating group) is 1. The van der Waals surface area contributed by atoms with E-state index in [4.69, 9.17) is 34.2 Å². The van der Waals surface area contributed by atoms with Crippen molar-refractivity contribution in [3.8, 4) is 23.8 Å². The lowest BCUT2D eigenvalue weighted by Gasteiger charge is -2.46. The lowest BCUT2D eigenvalue weighted by atomic mass is 9.62. The summed E-state index contributed by atoms with van der Waals surface area (Å²) in [5.41, 5.74) is 6.40. The lowest BCUT2D eigenvalue weighted by molar-refractivity contribution is -0.174. The van der Waals surface area contributed by atoms with Crippen LogP contribution >= 0.6 is 0 Å². The number of hydrogen-bond donors (Lipinski definition) is 2. The second-order valence-electron chi connectivity index (χ2n) is 14.3. The fraction of sp³-hybridized carbons (Fsp3) is 0.676. The first-order chi connectivity index (χ1) is 23.1. The molecule has 0 spiro atoms. The molecule has 0 saturated carbocycles. The molecule has 1 aliphatic heterocycles. The van der Waals surface area contributed by atoms with Crippen LogP contribution in [0.5, 0.6) is 0 Å². The van der Waals surface area contributed by atoms with Crippen molar-refractivity contribution in [3.05, 3.63) is 30.5 Å². The number of hydrogen-bond acceptors (Lipinski definition) is 10. The van der Waals surface area contributed by atoms with Crippen LogP contribution in [-0.4, -0.2) is 96.1 Å². The fourth-order valence-electron chi connectivity index (χ4n) is 7.29. The zero-order valence-corrected chi connectivity index (χ0v) is 30.9. The van der Waals surface area contributed by atoms with Crippen molar-refractivity contribution in [2.24, 2.45) is 17.8 Å². The van der Waals surface area contributed by atoms with E-state index in [0.29, 0.717) is 38.2 Å². The van der Waals surface area contributed by atoms with E-state index in [-0.39, 0.29) is 23.8 Å². The maximum atomic E-state index is 13.6. The highest BCUT2D eigenvalue weighted by atomic mass is 16.6. The molecule has 0 amide bonds. The molecule has 2 heterocycles. The number of nitrogens with one attached hydrogen (secondary N) is 1. The minimum atomic E-state index is -1.12. The van der Waals surface area contributed by atoms with Gasteiger partial charge in [-0.05, 0) is 90.8 Å². The molecule has 2 aromatic rings. The van der Waals surface area contributed by atoms with E-state index >= 15 is 0 Å². The van der Waals surface area contributed by atoms with Crippen molar-refractivity contribution in [1.82, 2.24) is 25.2 Å². The van der Waals surface area contributed by atoms with Crippen LogP contribution in [-0.2, 0) is 30.3 Å². The van der Waals surface area contributed by atoms with Crippen molar-refractivity contribution in [2.45, 2.75) is 116 Å². The van der Waals surface area contributed by atoms with Gasteiger partial charge in [-0.1, -0.05) is 44.5 Å². The van der Waals surface area contributed by atoms with Gasteiger partial charge in [0.1, 0.15) is 29.6 Å². The Morgan fingerprint density at radius 3 is 2.55 bits per heavy atom. The highest BCUT2D eigenvalue weighted by Crippen LogP contribution is 2.39. The van der Waals surface area contributed by atoms with Crippen molar-refractivity contribution in [1.29, 1.82) is 0 Å². The summed E-state index contributed by atoms with van der Waals surface area (Å²) in [6.45, 7) is 15.4. The molecule has 1 aliphatic rings. The maximum absolute atomic E-state index is 13.6. The first kappa shape index (κ1) is 40.0. The zero-order valence-electron chi connectivity index (χ0n) is 30.9. The Balaban J connectivity index is 1.86. The summed E-state index contributed by atoms with van der Waals surface area (Å²) in [5, 5.41) is 12.3. The Morgan fingerprint density at radius 2 is 1.92 bits per heavy atom. The average molecular weight is 677 g/mol. The number of carbonyl (C=O) groups excluding carboxylic acids is 2. The van der Waals surface area contributed by atoms with Crippen LogP contribution in [0, 0.1) is 30.3 Å². The van der Waals surface area contributed by atoms with Gasteiger partial charge in [0, 0.05) is 43.4 Å². The standard InChI is InChI=1S/C37H57BN6O5/c1-11-31-37(8,48-12-2)34(40-18-13-14-19-44-23-30(41-42-44)28-16-15-17-29(39)20-28)27(6)43(9)22-24(3)21-36(7,47-10)33(38)25(4)32(45)26(5)35(46)49-31/h2,15-17,20,23-27,31,33-34,40H,11,13-14,18-19,21-22,39H2,1,3-10H3/t24-,25+,26-,27-,31-,33-,34-,36-,37-/m1/s1. The number of nitrogens with two attached hydrogens (primary N) is 1. The molecular formula is C37H57BN6O5. The predicted molar refractivity (Wildman–Crippen MR) is 194 cm³/mol. The van der Waals surface area contributed by atoms with E-state index in [1.807, 2.05) is 55.9 Å². The molecule has 11 nitrogen and oxygen atoms in total. The molecule has 1 aromatic carbocycles. The minimum absolute atomic E-state index is 0.102. The summed E-state index contributed by atoms with van der Waals surface area (Å²) >= 11 is 0. The molecule has 3 rings (SSSR count). The van der Waals surface area contributed by atoms with E-state index in [2.05, 4.69) is 47.5 Å². The first-order valence-corrected chi connectivity index (χ1v) is 17.5. The van der Waals surface area contributed by atoms with Gasteiger partial charge in [-0.3, -0.25) is 14.3 Å². The third kappa shape index (κ3) is 9.65. The lowest BCUT2D eigenvalue weighted by Crippen LogP contribution is -2.65. The average Bonchev–Trinajstić information content (AvgIpc) is 3.55. The second kappa shape index (κ2) is 17.5. The van der Waals surface area contributed by atoms with Crippen molar-refractivity contribution >= 4 is 25.3 Å². The summed E-state index contributed by atoms with van der Waals surface area (Å²) < 4.78 is 20.0. The van der Waals surface area contributed by atoms with Gasteiger partial charge in [0.15, 0.2) is 5.60 Å². The Morgan fingerprint density at radius 1 is 1.20 bits per heavy atom. The molecule has 0 unspecified atom stereocenters. The number of methoxy groups -OCH3 is 1. The normalized spacial score (nSPS) is 32.4. The number of anilines is 1. The summed E-state index contributed by atoms with van der Waals surface area (Å²) in [6.07, 6.45) is 12.1. The van der Waals surface area contributed by atoms with Gasteiger partial charge in [-0.2, -0.15) is 0 Å². The molecule has 9 atom stereocenters.